The number of anilines is 1. The molecule has 1 aliphatic heterocycles. The highest BCUT2D eigenvalue weighted by Crippen LogP contribution is 2.45. The predicted octanol–water partition coefficient (Wildman–Crippen LogP) is 1.38. The largest absolute Gasteiger partial charge is 0.453 e. The lowest BCUT2D eigenvalue weighted by Gasteiger charge is -2.07. The van der Waals surface area contributed by atoms with Gasteiger partial charge in [-0.3, -0.25) is 9.48 Å². The summed E-state index contributed by atoms with van der Waals surface area (Å²) in [6.45, 7) is 0.153. The van der Waals surface area contributed by atoms with Crippen molar-refractivity contribution in [3.8, 4) is 22.6 Å². The van der Waals surface area contributed by atoms with Crippen molar-refractivity contribution >= 4 is 12.1 Å². The molecule has 0 saturated heterocycles. The number of ether oxygens (including phenoxy) is 2. The van der Waals surface area contributed by atoms with Gasteiger partial charge in [-0.1, -0.05) is 0 Å². The molecule has 0 unspecified atom stereocenters. The van der Waals surface area contributed by atoms with Crippen LogP contribution in [0.4, 0.5) is 5.69 Å². The van der Waals surface area contributed by atoms with Crippen LogP contribution in [0.15, 0.2) is 24.5 Å². The van der Waals surface area contributed by atoms with Gasteiger partial charge in [0.2, 0.25) is 13.2 Å². The Morgan fingerprint density at radius 1 is 1.39 bits per heavy atom. The third-order valence-electron chi connectivity index (χ3n) is 2.75. The average molecular weight is 245 g/mol. The van der Waals surface area contributed by atoms with Crippen molar-refractivity contribution in [3.05, 3.63) is 24.5 Å². The van der Waals surface area contributed by atoms with Crippen LogP contribution in [0.5, 0.6) is 11.5 Å². The summed E-state index contributed by atoms with van der Waals surface area (Å²) in [5.41, 5.74) is 2.44. The number of nitrogens with one attached hydrogen (secondary N) is 1. The first-order chi connectivity index (χ1) is 8.79. The van der Waals surface area contributed by atoms with E-state index in [-0.39, 0.29) is 6.79 Å². The average Bonchev–Trinajstić information content (AvgIpc) is 2.98. The molecular weight excluding hydrogens is 234 g/mol. The van der Waals surface area contributed by atoms with E-state index < -0.39 is 0 Å². The van der Waals surface area contributed by atoms with E-state index in [0.29, 0.717) is 23.6 Å². The zero-order valence-electron chi connectivity index (χ0n) is 9.71. The number of hydrogen-bond donors (Lipinski definition) is 1. The Morgan fingerprint density at radius 3 is 2.94 bits per heavy atom. The molecule has 0 bridgehead atoms. The van der Waals surface area contributed by atoms with Crippen LogP contribution >= 0.6 is 0 Å². The molecule has 0 aliphatic carbocycles. The Balaban J connectivity index is 2.12. The highest BCUT2D eigenvalue weighted by molar-refractivity contribution is 5.84. The quantitative estimate of drug-likeness (QED) is 0.830. The lowest BCUT2D eigenvalue weighted by Crippen LogP contribution is -1.96. The summed E-state index contributed by atoms with van der Waals surface area (Å²) < 4.78 is 12.6. The molecule has 0 atom stereocenters. The van der Waals surface area contributed by atoms with Crippen LogP contribution in [0.2, 0.25) is 0 Å². The Hall–Kier alpha value is -2.50. The number of carbonyl (C=O) groups is 1. The summed E-state index contributed by atoms with van der Waals surface area (Å²) in [4.78, 5) is 10.5. The van der Waals surface area contributed by atoms with Crippen molar-refractivity contribution in [1.29, 1.82) is 0 Å². The molecule has 3 rings (SSSR count). The van der Waals surface area contributed by atoms with Gasteiger partial charge in [-0.15, -0.1) is 0 Å². The van der Waals surface area contributed by atoms with Crippen LogP contribution in [-0.4, -0.2) is 23.0 Å². The first-order valence-electron chi connectivity index (χ1n) is 5.41. The lowest BCUT2D eigenvalue weighted by molar-refractivity contribution is -0.105. The van der Waals surface area contributed by atoms with Crippen molar-refractivity contribution in [3.63, 3.8) is 0 Å². The van der Waals surface area contributed by atoms with Crippen LogP contribution in [-0.2, 0) is 11.8 Å². The molecule has 0 fully saturated rings. The van der Waals surface area contributed by atoms with Crippen LogP contribution in [0.3, 0.4) is 0 Å². The third kappa shape index (κ3) is 1.58. The molecule has 0 saturated carbocycles. The molecule has 2 aromatic rings. The summed E-state index contributed by atoms with van der Waals surface area (Å²) in [5, 5.41) is 6.71. The third-order valence-corrected chi connectivity index (χ3v) is 2.75. The zero-order valence-corrected chi connectivity index (χ0v) is 9.71. The SMILES string of the molecule is Cn1cc(-c2ccc(NC=O)c3c2OCO3)cn1. The van der Waals surface area contributed by atoms with E-state index in [1.165, 1.54) is 0 Å². The highest BCUT2D eigenvalue weighted by atomic mass is 16.7. The smallest absolute Gasteiger partial charge is 0.231 e. The minimum absolute atomic E-state index is 0.153. The number of benzene rings is 1. The second-order valence-electron chi connectivity index (χ2n) is 3.89. The number of hydrogen-bond acceptors (Lipinski definition) is 4. The maximum absolute atomic E-state index is 10.5. The molecule has 0 spiro atoms. The molecule has 1 aliphatic rings. The van der Waals surface area contributed by atoms with Gasteiger partial charge in [-0.25, -0.2) is 0 Å². The standard InChI is InChI=1S/C12H11N3O3/c1-15-5-8(4-14-15)9-2-3-10(13-6-16)12-11(9)17-7-18-12/h2-6H,7H2,1H3,(H,13,16). The van der Waals surface area contributed by atoms with E-state index in [1.54, 1.807) is 16.9 Å². The second-order valence-corrected chi connectivity index (χ2v) is 3.89. The fourth-order valence-electron chi connectivity index (χ4n) is 1.96. The van der Waals surface area contributed by atoms with Gasteiger partial charge in [0.25, 0.3) is 0 Å². The van der Waals surface area contributed by atoms with Gasteiger partial charge >= 0.3 is 0 Å². The van der Waals surface area contributed by atoms with E-state index >= 15 is 0 Å². The molecule has 0 radical (unpaired) electrons. The maximum Gasteiger partial charge on any atom is 0.231 e. The molecule has 92 valence electrons. The van der Waals surface area contributed by atoms with Crippen molar-refractivity contribution in [2.45, 2.75) is 0 Å². The minimum atomic E-state index is 0.153. The number of nitrogens with zero attached hydrogens (tertiary/aromatic N) is 2. The van der Waals surface area contributed by atoms with Gasteiger partial charge in [0.15, 0.2) is 11.5 Å². The Morgan fingerprint density at radius 2 is 2.22 bits per heavy atom. The first-order valence-corrected chi connectivity index (χ1v) is 5.41. The fourth-order valence-corrected chi connectivity index (χ4v) is 1.96. The molecule has 18 heavy (non-hydrogen) atoms. The molecule has 1 aromatic carbocycles. The van der Waals surface area contributed by atoms with E-state index in [2.05, 4.69) is 10.4 Å². The lowest BCUT2D eigenvalue weighted by atomic mass is 10.1. The molecule has 1 aromatic heterocycles. The van der Waals surface area contributed by atoms with Gasteiger partial charge in [-0.05, 0) is 12.1 Å². The Kier molecular flexibility index (Phi) is 2.40. The van der Waals surface area contributed by atoms with Gasteiger partial charge in [-0.2, -0.15) is 5.10 Å². The molecule has 2 heterocycles. The van der Waals surface area contributed by atoms with E-state index in [9.17, 15) is 4.79 Å². The van der Waals surface area contributed by atoms with Crippen molar-refractivity contribution in [2.75, 3.05) is 12.1 Å². The van der Waals surface area contributed by atoms with Gasteiger partial charge in [0.1, 0.15) is 0 Å². The molecule has 6 nitrogen and oxygen atoms in total. The first kappa shape index (κ1) is 10.6. The van der Waals surface area contributed by atoms with Crippen LogP contribution in [0, 0.1) is 0 Å². The predicted molar refractivity (Wildman–Crippen MR) is 64.5 cm³/mol. The van der Waals surface area contributed by atoms with Gasteiger partial charge in [0.05, 0.1) is 11.9 Å². The molecular formula is C12H11N3O3. The summed E-state index contributed by atoms with van der Waals surface area (Å²) in [6, 6.07) is 3.65. The summed E-state index contributed by atoms with van der Waals surface area (Å²) in [5.74, 6) is 1.19. The number of amides is 1. The molecule has 1 amide bonds. The Bertz CT molecular complexity index is 607. The number of carbonyl (C=O) groups excluding carboxylic acids is 1. The summed E-state index contributed by atoms with van der Waals surface area (Å²) in [6.07, 6.45) is 4.26. The van der Waals surface area contributed by atoms with Gasteiger partial charge < -0.3 is 14.8 Å². The van der Waals surface area contributed by atoms with E-state index in [0.717, 1.165) is 11.1 Å². The van der Waals surface area contributed by atoms with Crippen molar-refractivity contribution in [1.82, 2.24) is 9.78 Å². The van der Waals surface area contributed by atoms with Crippen molar-refractivity contribution < 1.29 is 14.3 Å². The number of rotatable bonds is 3. The highest BCUT2D eigenvalue weighted by Gasteiger charge is 2.23. The topological polar surface area (TPSA) is 65.4 Å². The van der Waals surface area contributed by atoms with E-state index in [4.69, 9.17) is 9.47 Å². The minimum Gasteiger partial charge on any atom is -0.453 e. The Labute approximate surface area is 103 Å². The second kappa shape index (κ2) is 4.06. The van der Waals surface area contributed by atoms with Crippen LogP contribution < -0.4 is 14.8 Å². The maximum atomic E-state index is 10.5. The summed E-state index contributed by atoms with van der Waals surface area (Å²) >= 11 is 0. The van der Waals surface area contributed by atoms with Crippen LogP contribution in [0.25, 0.3) is 11.1 Å². The fraction of sp³-hybridized carbons (Fsp3) is 0.167. The number of aryl methyl sites for hydroxylation is 1. The monoisotopic (exact) mass is 245 g/mol. The molecule has 1 N–H and O–H groups in total. The van der Waals surface area contributed by atoms with Crippen LogP contribution in [0.1, 0.15) is 0 Å². The number of fused-ring (bicyclic) bond motifs is 1. The van der Waals surface area contributed by atoms with E-state index in [1.807, 2.05) is 19.3 Å². The normalized spacial score (nSPS) is 12.5. The summed E-state index contributed by atoms with van der Waals surface area (Å²) in [7, 11) is 1.85. The zero-order chi connectivity index (χ0) is 12.5. The van der Waals surface area contributed by atoms with Crippen molar-refractivity contribution in [2.24, 2.45) is 7.05 Å². The number of aromatic nitrogens is 2. The van der Waals surface area contributed by atoms with Gasteiger partial charge in [0, 0.05) is 24.4 Å². The molecule has 6 heteroatoms.